The number of hydrogen-bond donors (Lipinski definition) is 2. The Morgan fingerprint density at radius 2 is 1.91 bits per heavy atom. The number of aromatic nitrogens is 1. The van der Waals surface area contributed by atoms with Crippen molar-refractivity contribution in [2.45, 2.75) is 65.1 Å². The molecular weight excluding hydrogens is 278 g/mol. The van der Waals surface area contributed by atoms with Crippen LogP contribution in [0, 0.1) is 0 Å². The van der Waals surface area contributed by atoms with Crippen molar-refractivity contribution in [2.75, 3.05) is 6.54 Å². The lowest BCUT2D eigenvalue weighted by Crippen LogP contribution is -2.55. The van der Waals surface area contributed by atoms with E-state index in [1.54, 1.807) is 0 Å². The van der Waals surface area contributed by atoms with Crippen molar-refractivity contribution < 1.29 is 9.53 Å². The highest BCUT2D eigenvalue weighted by Gasteiger charge is 2.30. The van der Waals surface area contributed by atoms with Crippen molar-refractivity contribution in [2.24, 2.45) is 7.05 Å². The van der Waals surface area contributed by atoms with E-state index in [1.165, 1.54) is 5.69 Å². The number of alkyl carbamates (subject to hydrolysis) is 1. The average Bonchev–Trinajstić information content (AvgIpc) is 2.81. The molecule has 0 unspecified atom stereocenters. The Balaban J connectivity index is 2.58. The van der Waals surface area contributed by atoms with Crippen LogP contribution in [0.3, 0.4) is 0 Å². The summed E-state index contributed by atoms with van der Waals surface area (Å²) in [4.78, 5) is 12.1. The van der Waals surface area contributed by atoms with Crippen molar-refractivity contribution >= 4 is 6.09 Å². The number of aryl methyl sites for hydroxylation is 1. The zero-order chi connectivity index (χ0) is 16.8. The van der Waals surface area contributed by atoms with Gasteiger partial charge in [0.25, 0.3) is 0 Å². The summed E-state index contributed by atoms with van der Waals surface area (Å²) < 4.78 is 7.48. The predicted molar refractivity (Wildman–Crippen MR) is 89.8 cm³/mol. The van der Waals surface area contributed by atoms with E-state index in [0.717, 1.165) is 19.4 Å². The number of nitrogens with zero attached hydrogens (tertiary/aromatic N) is 1. The third-order valence-electron chi connectivity index (χ3n) is 3.94. The summed E-state index contributed by atoms with van der Waals surface area (Å²) in [5, 5.41) is 6.50. The summed E-state index contributed by atoms with van der Waals surface area (Å²) in [6.07, 6.45) is 3.38. The van der Waals surface area contributed by atoms with Gasteiger partial charge in [0.15, 0.2) is 0 Å². The number of carbonyl (C=O) groups is 1. The molecule has 1 aromatic heterocycles. The van der Waals surface area contributed by atoms with Crippen molar-refractivity contribution in [1.29, 1.82) is 0 Å². The van der Waals surface area contributed by atoms with E-state index in [1.807, 2.05) is 40.1 Å². The third-order valence-corrected chi connectivity index (χ3v) is 3.94. The zero-order valence-corrected chi connectivity index (χ0v) is 14.8. The van der Waals surface area contributed by atoms with Gasteiger partial charge in [0.1, 0.15) is 5.60 Å². The summed E-state index contributed by atoms with van der Waals surface area (Å²) >= 11 is 0. The van der Waals surface area contributed by atoms with Gasteiger partial charge in [0, 0.05) is 32.0 Å². The Kier molecular flexibility index (Phi) is 6.48. The van der Waals surface area contributed by atoms with Gasteiger partial charge < -0.3 is 19.9 Å². The first-order valence-electron chi connectivity index (χ1n) is 8.03. The van der Waals surface area contributed by atoms with Crippen molar-refractivity contribution in [3.63, 3.8) is 0 Å². The number of hydrogen-bond acceptors (Lipinski definition) is 3. The van der Waals surface area contributed by atoms with Crippen LogP contribution in [0.15, 0.2) is 18.3 Å². The van der Waals surface area contributed by atoms with Gasteiger partial charge in [0.2, 0.25) is 0 Å². The normalized spacial score (nSPS) is 12.3. The SMILES string of the molecule is CCC(CC)(CNCc1cccn1C)NC(=O)OC(C)(C)C. The van der Waals surface area contributed by atoms with Crippen molar-refractivity contribution in [3.8, 4) is 0 Å². The van der Waals surface area contributed by atoms with Crippen LogP contribution in [0.25, 0.3) is 0 Å². The van der Waals surface area contributed by atoms with Crippen LogP contribution in [0.2, 0.25) is 0 Å². The minimum Gasteiger partial charge on any atom is -0.444 e. The summed E-state index contributed by atoms with van der Waals surface area (Å²) in [5.41, 5.74) is 0.458. The molecule has 126 valence electrons. The first-order chi connectivity index (χ1) is 10.2. The first kappa shape index (κ1) is 18.6. The second-order valence-electron chi connectivity index (χ2n) is 6.83. The highest BCUT2D eigenvalue weighted by molar-refractivity contribution is 5.68. The molecule has 1 amide bonds. The summed E-state index contributed by atoms with van der Waals surface area (Å²) in [7, 11) is 2.03. The van der Waals surface area contributed by atoms with E-state index in [2.05, 4.69) is 35.1 Å². The molecular formula is C17H31N3O2. The van der Waals surface area contributed by atoms with Gasteiger partial charge >= 0.3 is 6.09 Å². The Labute approximate surface area is 134 Å². The molecule has 5 nitrogen and oxygen atoms in total. The van der Waals surface area contributed by atoms with Gasteiger partial charge in [-0.25, -0.2) is 4.79 Å². The van der Waals surface area contributed by atoms with Gasteiger partial charge in [-0.3, -0.25) is 0 Å². The highest BCUT2D eigenvalue weighted by atomic mass is 16.6. The molecule has 2 N–H and O–H groups in total. The van der Waals surface area contributed by atoms with E-state index in [4.69, 9.17) is 4.74 Å². The number of nitrogens with one attached hydrogen (secondary N) is 2. The number of amides is 1. The van der Waals surface area contributed by atoms with E-state index in [9.17, 15) is 4.79 Å². The first-order valence-corrected chi connectivity index (χ1v) is 8.03. The quantitative estimate of drug-likeness (QED) is 0.813. The van der Waals surface area contributed by atoms with Crippen LogP contribution >= 0.6 is 0 Å². The number of carbonyl (C=O) groups excluding carboxylic acids is 1. The Morgan fingerprint density at radius 3 is 2.36 bits per heavy atom. The van der Waals surface area contributed by atoms with Gasteiger partial charge in [-0.2, -0.15) is 0 Å². The maximum atomic E-state index is 12.1. The van der Waals surface area contributed by atoms with Crippen LogP contribution in [0.5, 0.6) is 0 Å². The van der Waals surface area contributed by atoms with Crippen LogP contribution in [-0.2, 0) is 18.3 Å². The van der Waals surface area contributed by atoms with E-state index in [-0.39, 0.29) is 11.6 Å². The monoisotopic (exact) mass is 309 g/mol. The molecule has 1 aromatic rings. The van der Waals surface area contributed by atoms with Crippen molar-refractivity contribution in [3.05, 3.63) is 24.0 Å². The molecule has 0 aliphatic rings. The average molecular weight is 309 g/mol. The maximum Gasteiger partial charge on any atom is 0.408 e. The molecule has 0 aliphatic carbocycles. The largest absolute Gasteiger partial charge is 0.444 e. The second kappa shape index (κ2) is 7.68. The molecule has 22 heavy (non-hydrogen) atoms. The van der Waals surface area contributed by atoms with Crippen LogP contribution in [-0.4, -0.2) is 28.3 Å². The van der Waals surface area contributed by atoms with E-state index < -0.39 is 5.60 Å². The number of rotatable bonds is 7. The Hall–Kier alpha value is -1.49. The van der Waals surface area contributed by atoms with Crippen LogP contribution in [0.1, 0.15) is 53.2 Å². The molecule has 0 saturated heterocycles. The zero-order valence-electron chi connectivity index (χ0n) is 14.8. The molecule has 0 atom stereocenters. The molecule has 0 spiro atoms. The fraction of sp³-hybridized carbons (Fsp3) is 0.706. The predicted octanol–water partition coefficient (Wildman–Crippen LogP) is 3.20. The molecule has 5 heteroatoms. The molecule has 0 radical (unpaired) electrons. The second-order valence-corrected chi connectivity index (χ2v) is 6.83. The lowest BCUT2D eigenvalue weighted by molar-refractivity contribution is 0.0446. The summed E-state index contributed by atoms with van der Waals surface area (Å²) in [5.74, 6) is 0. The molecule has 0 bridgehead atoms. The lowest BCUT2D eigenvalue weighted by atomic mass is 9.93. The molecule has 0 fully saturated rings. The van der Waals surface area contributed by atoms with Crippen molar-refractivity contribution in [1.82, 2.24) is 15.2 Å². The Bertz CT molecular complexity index is 470. The highest BCUT2D eigenvalue weighted by Crippen LogP contribution is 2.16. The smallest absolute Gasteiger partial charge is 0.408 e. The third kappa shape index (κ3) is 5.72. The fourth-order valence-corrected chi connectivity index (χ4v) is 2.35. The van der Waals surface area contributed by atoms with Gasteiger partial charge in [-0.05, 0) is 45.7 Å². The maximum absolute atomic E-state index is 12.1. The fourth-order valence-electron chi connectivity index (χ4n) is 2.35. The van der Waals surface area contributed by atoms with Crippen LogP contribution < -0.4 is 10.6 Å². The Morgan fingerprint density at radius 1 is 1.27 bits per heavy atom. The summed E-state index contributed by atoms with van der Waals surface area (Å²) in [6.45, 7) is 11.3. The molecule has 0 aromatic carbocycles. The van der Waals surface area contributed by atoms with Gasteiger partial charge in [-0.15, -0.1) is 0 Å². The number of ether oxygens (including phenoxy) is 1. The lowest BCUT2D eigenvalue weighted by Gasteiger charge is -2.34. The van der Waals surface area contributed by atoms with Crippen LogP contribution in [0.4, 0.5) is 4.79 Å². The minimum absolute atomic E-state index is 0.284. The summed E-state index contributed by atoms with van der Waals surface area (Å²) in [6, 6.07) is 4.12. The molecule has 1 heterocycles. The van der Waals surface area contributed by atoms with Gasteiger partial charge in [0.05, 0.1) is 5.54 Å². The topological polar surface area (TPSA) is 55.3 Å². The standard InChI is InChI=1S/C17H31N3O2/c1-7-17(8-2,19-15(21)22-16(3,4)5)13-18-12-14-10-9-11-20(14)6/h9-11,18H,7-8,12-13H2,1-6H3,(H,19,21). The molecule has 0 aliphatic heterocycles. The van der Waals surface area contributed by atoms with E-state index >= 15 is 0 Å². The molecule has 1 rings (SSSR count). The minimum atomic E-state index is -0.478. The van der Waals surface area contributed by atoms with E-state index in [0.29, 0.717) is 6.54 Å². The molecule has 0 saturated carbocycles. The van der Waals surface area contributed by atoms with Gasteiger partial charge in [-0.1, -0.05) is 13.8 Å².